The number of nitrogen functional groups attached to an aromatic ring is 1. The Kier molecular flexibility index (Phi) is 8.01. The third kappa shape index (κ3) is 5.50. The van der Waals surface area contributed by atoms with Gasteiger partial charge in [0.15, 0.2) is 0 Å². The molecule has 1 aromatic heterocycles. The van der Waals surface area contributed by atoms with Crippen molar-refractivity contribution in [3.8, 4) is 0 Å². The molecule has 1 aliphatic heterocycles. The van der Waals surface area contributed by atoms with Crippen LogP contribution in [-0.4, -0.2) is 57.9 Å². The Morgan fingerprint density at radius 2 is 1.87 bits per heavy atom. The number of amides is 1. The molecule has 0 bridgehead atoms. The van der Waals surface area contributed by atoms with E-state index in [2.05, 4.69) is 10.6 Å². The smallest absolute Gasteiger partial charge is 0.322 e. The average molecular weight is 520 g/mol. The molecule has 1 unspecified atom stereocenters. The molecule has 0 radical (unpaired) electrons. The van der Waals surface area contributed by atoms with Crippen LogP contribution in [0.1, 0.15) is 50.6 Å². The van der Waals surface area contributed by atoms with E-state index in [9.17, 15) is 9.59 Å². The number of aryl methyl sites for hydroxylation is 1. The number of benzene rings is 2. The van der Waals surface area contributed by atoms with Crippen LogP contribution in [0.2, 0.25) is 0 Å². The molecule has 10 heteroatoms. The number of anilines is 1. The predicted octanol–water partition coefficient (Wildman–Crippen LogP) is 2.85. The maximum atomic E-state index is 13.8. The molecule has 1 fully saturated rings. The summed E-state index contributed by atoms with van der Waals surface area (Å²) in [5.41, 5.74) is 8.42. The summed E-state index contributed by atoms with van der Waals surface area (Å²) in [6, 6.07) is 12.5. The number of rotatable bonds is 10. The largest absolute Gasteiger partial charge is 0.465 e. The van der Waals surface area contributed by atoms with Crippen LogP contribution in [0.25, 0.3) is 11.0 Å². The third-order valence-corrected chi connectivity index (χ3v) is 7.16. The fourth-order valence-electron chi connectivity index (χ4n) is 4.93. The van der Waals surface area contributed by atoms with Crippen molar-refractivity contribution >= 4 is 34.4 Å². The first-order chi connectivity index (χ1) is 18.1. The molecule has 0 saturated carbocycles. The summed E-state index contributed by atoms with van der Waals surface area (Å²) in [5, 5.41) is 14.2. The molecule has 1 amide bonds. The van der Waals surface area contributed by atoms with Crippen LogP contribution in [0, 0.1) is 5.41 Å². The third-order valence-electron chi connectivity index (χ3n) is 7.16. The first kappa shape index (κ1) is 27.1. The van der Waals surface area contributed by atoms with Gasteiger partial charge in [0.25, 0.3) is 0 Å². The topological polar surface area (TPSA) is 138 Å². The second-order valence-electron chi connectivity index (χ2n) is 9.88. The number of aromatic nitrogens is 2. The van der Waals surface area contributed by atoms with Crippen LogP contribution in [0.4, 0.5) is 5.69 Å². The SMILES string of the molecule is CCOC(=O)C(C)N[C@@](C)(C(=O)N1CCCC1)c1ccc2c(c1)nc(CNc1ccc(C(=N)N)cc1)n2C. The number of hydrogen-bond acceptors (Lipinski definition) is 7. The number of imidazole rings is 1. The van der Waals surface area contributed by atoms with Crippen molar-refractivity contribution in [1.82, 2.24) is 19.8 Å². The summed E-state index contributed by atoms with van der Waals surface area (Å²) < 4.78 is 7.21. The molecule has 2 atom stereocenters. The summed E-state index contributed by atoms with van der Waals surface area (Å²) in [5.74, 6) is 0.408. The van der Waals surface area contributed by atoms with Gasteiger partial charge >= 0.3 is 5.97 Å². The fourth-order valence-corrected chi connectivity index (χ4v) is 4.93. The molecule has 4 rings (SSSR count). The Morgan fingerprint density at radius 3 is 2.50 bits per heavy atom. The molecule has 0 spiro atoms. The summed E-state index contributed by atoms with van der Waals surface area (Å²) in [6.07, 6.45) is 1.95. The Labute approximate surface area is 223 Å². The normalized spacial score (nSPS) is 15.7. The van der Waals surface area contributed by atoms with Gasteiger partial charge in [0, 0.05) is 31.4 Å². The second-order valence-corrected chi connectivity index (χ2v) is 9.88. The molecule has 10 nitrogen and oxygen atoms in total. The lowest BCUT2D eigenvalue weighted by Gasteiger charge is -2.35. The van der Waals surface area contributed by atoms with Gasteiger partial charge in [0.2, 0.25) is 5.91 Å². The quantitative estimate of drug-likeness (QED) is 0.184. The molecule has 2 heterocycles. The van der Waals surface area contributed by atoms with Gasteiger partial charge in [-0.3, -0.25) is 20.3 Å². The molecule has 38 heavy (non-hydrogen) atoms. The number of carbonyl (C=O) groups is 2. The summed E-state index contributed by atoms with van der Waals surface area (Å²) >= 11 is 0. The van der Waals surface area contributed by atoms with E-state index < -0.39 is 17.6 Å². The van der Waals surface area contributed by atoms with Crippen molar-refractivity contribution in [2.75, 3.05) is 25.0 Å². The lowest BCUT2D eigenvalue weighted by atomic mass is 9.89. The van der Waals surface area contributed by atoms with Crippen molar-refractivity contribution in [2.45, 2.75) is 51.7 Å². The van der Waals surface area contributed by atoms with Crippen molar-refractivity contribution in [3.05, 3.63) is 59.4 Å². The zero-order valence-corrected chi connectivity index (χ0v) is 22.5. The minimum atomic E-state index is -1.13. The van der Waals surface area contributed by atoms with Crippen LogP contribution in [0.15, 0.2) is 42.5 Å². The van der Waals surface area contributed by atoms with Crippen LogP contribution < -0.4 is 16.4 Å². The molecule has 202 valence electrons. The van der Waals surface area contributed by atoms with Gasteiger partial charge < -0.3 is 25.3 Å². The van der Waals surface area contributed by atoms with Gasteiger partial charge in [0.1, 0.15) is 23.2 Å². The zero-order valence-electron chi connectivity index (χ0n) is 22.5. The lowest BCUT2D eigenvalue weighted by Crippen LogP contribution is -2.57. The molecular formula is C28H37N7O3. The maximum Gasteiger partial charge on any atom is 0.322 e. The Bertz CT molecular complexity index is 1330. The number of amidine groups is 1. The first-order valence-electron chi connectivity index (χ1n) is 13.0. The number of nitrogens with one attached hydrogen (secondary N) is 3. The highest BCUT2D eigenvalue weighted by Gasteiger charge is 2.41. The average Bonchev–Trinajstić information content (AvgIpc) is 3.55. The second kappa shape index (κ2) is 11.2. The summed E-state index contributed by atoms with van der Waals surface area (Å²) in [7, 11) is 1.96. The molecule has 3 aromatic rings. The van der Waals surface area contributed by atoms with E-state index in [1.807, 2.05) is 53.8 Å². The van der Waals surface area contributed by atoms with E-state index in [1.54, 1.807) is 26.0 Å². The maximum absolute atomic E-state index is 13.8. The zero-order chi connectivity index (χ0) is 27.4. The van der Waals surface area contributed by atoms with Crippen molar-refractivity contribution in [1.29, 1.82) is 5.41 Å². The van der Waals surface area contributed by atoms with Gasteiger partial charge in [-0.25, -0.2) is 4.98 Å². The van der Waals surface area contributed by atoms with Crippen LogP contribution in [0.3, 0.4) is 0 Å². The van der Waals surface area contributed by atoms with Crippen LogP contribution in [-0.2, 0) is 33.5 Å². The van der Waals surface area contributed by atoms with Gasteiger partial charge in [0.05, 0.1) is 24.2 Å². The van der Waals surface area contributed by atoms with E-state index in [1.165, 1.54) is 0 Å². The summed E-state index contributed by atoms with van der Waals surface area (Å²) in [4.78, 5) is 32.9. The van der Waals surface area contributed by atoms with Gasteiger partial charge in [-0.15, -0.1) is 0 Å². The minimum Gasteiger partial charge on any atom is -0.465 e. The number of carbonyl (C=O) groups excluding carboxylic acids is 2. The number of likely N-dealkylation sites (tertiary alicyclic amines) is 1. The van der Waals surface area contributed by atoms with Crippen molar-refractivity contribution in [2.24, 2.45) is 12.8 Å². The van der Waals surface area contributed by atoms with Crippen molar-refractivity contribution in [3.63, 3.8) is 0 Å². The number of ether oxygens (including phenoxy) is 1. The highest BCUT2D eigenvalue weighted by molar-refractivity contribution is 5.95. The number of nitrogens with two attached hydrogens (primary N) is 1. The molecular weight excluding hydrogens is 482 g/mol. The van der Waals surface area contributed by atoms with E-state index in [-0.39, 0.29) is 18.3 Å². The molecule has 1 saturated heterocycles. The number of nitrogens with zero attached hydrogens (tertiary/aromatic N) is 3. The van der Waals surface area contributed by atoms with Gasteiger partial charge in [-0.2, -0.15) is 0 Å². The Balaban J connectivity index is 1.62. The number of hydrogen-bond donors (Lipinski definition) is 4. The minimum absolute atomic E-state index is 0.0315. The van der Waals surface area contributed by atoms with Crippen LogP contribution in [0.5, 0.6) is 0 Å². The number of esters is 1. The van der Waals surface area contributed by atoms with Gasteiger partial charge in [-0.05, 0) is 75.6 Å². The predicted molar refractivity (Wildman–Crippen MR) is 148 cm³/mol. The number of fused-ring (bicyclic) bond motifs is 1. The van der Waals surface area contributed by atoms with Crippen molar-refractivity contribution < 1.29 is 14.3 Å². The molecule has 1 aliphatic rings. The highest BCUT2D eigenvalue weighted by atomic mass is 16.5. The fraction of sp³-hybridized carbons (Fsp3) is 0.429. The first-order valence-corrected chi connectivity index (χ1v) is 13.0. The monoisotopic (exact) mass is 519 g/mol. The standard InChI is InChI=1S/C28H37N7O3/c1-5-38-26(36)18(2)33-28(3,27(37)35-14-6-7-15-35)20-10-13-23-22(16-20)32-24(34(23)4)17-31-21-11-8-19(9-12-21)25(29)30/h8-13,16,18,31,33H,5-7,14-15,17H2,1-4H3,(H3,29,30)/t18?,28-/m1/s1. The van der Waals surface area contributed by atoms with E-state index in [0.29, 0.717) is 25.2 Å². The summed E-state index contributed by atoms with van der Waals surface area (Å²) in [6.45, 7) is 7.50. The Morgan fingerprint density at radius 1 is 1.18 bits per heavy atom. The molecule has 2 aromatic carbocycles. The van der Waals surface area contributed by atoms with E-state index >= 15 is 0 Å². The van der Waals surface area contributed by atoms with Crippen LogP contribution >= 0.6 is 0 Å². The van der Waals surface area contributed by atoms with E-state index in [4.69, 9.17) is 20.9 Å². The molecule has 5 N–H and O–H groups in total. The lowest BCUT2D eigenvalue weighted by molar-refractivity contribution is -0.147. The highest BCUT2D eigenvalue weighted by Crippen LogP contribution is 2.29. The molecule has 0 aliphatic carbocycles. The van der Waals surface area contributed by atoms with Gasteiger partial charge in [-0.1, -0.05) is 6.07 Å². The van der Waals surface area contributed by atoms with E-state index in [0.717, 1.165) is 41.0 Å². The Hall–Kier alpha value is -3.92.